The van der Waals surface area contributed by atoms with Crippen LogP contribution < -0.4 is 19.5 Å². The molecular weight excluding hydrogens is 558 g/mol. The first-order valence-corrected chi connectivity index (χ1v) is 14.4. The lowest BCUT2D eigenvalue weighted by Gasteiger charge is -2.24. The molecule has 1 aliphatic carbocycles. The molecule has 0 radical (unpaired) electrons. The molecule has 1 saturated heterocycles. The van der Waals surface area contributed by atoms with Gasteiger partial charge in [0, 0.05) is 6.04 Å². The number of hydrogen-bond donors (Lipinski definition) is 2. The minimum absolute atomic E-state index is 0.0843. The fourth-order valence-corrected chi connectivity index (χ4v) is 5.77. The van der Waals surface area contributed by atoms with Crippen molar-refractivity contribution in [3.8, 4) is 11.5 Å². The van der Waals surface area contributed by atoms with E-state index in [0.717, 1.165) is 25.7 Å². The lowest BCUT2D eigenvalue weighted by atomic mass is 9.98. The zero-order valence-corrected chi connectivity index (χ0v) is 23.7. The summed E-state index contributed by atoms with van der Waals surface area (Å²) in [7, 11) is -1.43. The smallest absolute Gasteiger partial charge is 0.395 e. The molecule has 1 aromatic carbocycles. The number of anilines is 1. The average molecular weight is 591 g/mol. The van der Waals surface area contributed by atoms with Crippen LogP contribution in [0.15, 0.2) is 41.7 Å². The Morgan fingerprint density at radius 2 is 2.05 bits per heavy atom. The number of benzene rings is 1. The zero-order chi connectivity index (χ0) is 29.1. The van der Waals surface area contributed by atoms with E-state index in [1.165, 1.54) is 44.2 Å². The van der Waals surface area contributed by atoms with Crippen molar-refractivity contribution in [3.05, 3.63) is 36.9 Å². The van der Waals surface area contributed by atoms with E-state index in [1.807, 2.05) is 0 Å². The van der Waals surface area contributed by atoms with Crippen LogP contribution in [-0.4, -0.2) is 74.3 Å². The number of alkyl halides is 1. The minimum Gasteiger partial charge on any atom is -0.575 e. The van der Waals surface area contributed by atoms with Crippen molar-refractivity contribution >= 4 is 31.1 Å². The molecule has 15 heteroatoms. The van der Waals surface area contributed by atoms with Crippen LogP contribution in [0.2, 0.25) is 0 Å². The largest absolute Gasteiger partial charge is 0.575 e. The first kappa shape index (κ1) is 29.1. The Kier molecular flexibility index (Phi) is 8.64. The van der Waals surface area contributed by atoms with Crippen molar-refractivity contribution < 1.29 is 37.9 Å². The first-order chi connectivity index (χ1) is 19.7. The Morgan fingerprint density at radius 1 is 1.32 bits per heavy atom. The van der Waals surface area contributed by atoms with E-state index in [0.29, 0.717) is 23.0 Å². The Hall–Kier alpha value is -3.45. The number of rotatable bonds is 10. The highest BCUT2D eigenvalue weighted by atomic mass is 31.1. The summed E-state index contributed by atoms with van der Waals surface area (Å²) in [4.78, 5) is 37.0. The molecule has 6 atom stereocenters. The summed E-state index contributed by atoms with van der Waals surface area (Å²) in [6, 6.07) is 5.65. The van der Waals surface area contributed by atoms with E-state index in [9.17, 15) is 14.8 Å². The van der Waals surface area contributed by atoms with E-state index < -0.39 is 44.3 Å². The number of imidazole rings is 1. The number of ether oxygens (including phenoxy) is 3. The standard InChI is InChI=1S/C26H32FN6O7P/c1-15(24(35)37-3)32-41(36)40-18-11-7-6-10-17(18)38-12-19-21(34)26(2,27)25(39-19)33-14-30-20-22(28-13-29-23(20)33)31-16-8-4-5-9-16/h6-7,10-11,13-16,19,21,25,34H,4-5,8-9,12H2,1-3H3,(H,28,29,31)/t15-,19+,21+,25+,26+/m0/s1. The molecule has 3 heterocycles. The van der Waals surface area contributed by atoms with Gasteiger partial charge in [-0.15, -0.1) is 0 Å². The monoisotopic (exact) mass is 590 g/mol. The van der Waals surface area contributed by atoms with Crippen LogP contribution in [0.4, 0.5) is 10.2 Å². The maximum Gasteiger partial charge on any atom is 0.395 e. The highest BCUT2D eigenvalue weighted by Gasteiger charge is 2.55. The van der Waals surface area contributed by atoms with Crippen LogP contribution in [-0.2, 0) is 14.3 Å². The number of nitrogens with zero attached hydrogens (tertiary/aromatic N) is 5. The number of aliphatic hydroxyl groups excluding tert-OH is 1. The summed E-state index contributed by atoms with van der Waals surface area (Å²) >= 11 is 0. The van der Waals surface area contributed by atoms with E-state index >= 15 is 4.39 Å². The second kappa shape index (κ2) is 12.2. The summed E-state index contributed by atoms with van der Waals surface area (Å²) < 4.78 is 42.9. The number of fused-ring (bicyclic) bond motifs is 1. The van der Waals surface area contributed by atoms with E-state index in [2.05, 4.69) is 29.8 Å². The van der Waals surface area contributed by atoms with Gasteiger partial charge in [0.15, 0.2) is 40.7 Å². The molecular formula is C26H32FN6O7P. The number of halogens is 1. The molecule has 13 nitrogen and oxygen atoms in total. The fourth-order valence-electron chi connectivity index (χ4n) is 5.03. The van der Waals surface area contributed by atoms with Gasteiger partial charge in [-0.25, -0.2) is 24.1 Å². The molecule has 3 aromatic rings. The highest BCUT2D eigenvalue weighted by Crippen LogP contribution is 2.43. The van der Waals surface area contributed by atoms with Crippen molar-refractivity contribution in [2.45, 2.75) is 75.7 Å². The van der Waals surface area contributed by atoms with Crippen molar-refractivity contribution in [1.82, 2.24) is 19.5 Å². The quantitative estimate of drug-likeness (QED) is 0.263. The second-order valence-electron chi connectivity index (χ2n) is 10.2. The number of esters is 1. The van der Waals surface area contributed by atoms with Gasteiger partial charge in [-0.2, -0.15) is 0 Å². The van der Waals surface area contributed by atoms with Crippen LogP contribution in [0.5, 0.6) is 11.5 Å². The molecule has 1 aliphatic heterocycles. The number of methoxy groups -OCH3 is 1. The lowest BCUT2D eigenvalue weighted by molar-refractivity contribution is -0.169. The fraction of sp³-hybridized carbons (Fsp3) is 0.538. The van der Waals surface area contributed by atoms with Gasteiger partial charge in [-0.3, -0.25) is 9.09 Å². The molecule has 1 unspecified atom stereocenters. The van der Waals surface area contributed by atoms with Gasteiger partial charge >= 0.3 is 14.1 Å². The first-order valence-electron chi connectivity index (χ1n) is 13.3. The number of aliphatic hydroxyl groups is 1. The Labute approximate surface area is 236 Å². The lowest BCUT2D eigenvalue weighted by Crippen LogP contribution is -2.41. The third kappa shape index (κ3) is 6.10. The molecule has 2 aromatic heterocycles. The van der Waals surface area contributed by atoms with Gasteiger partial charge < -0.3 is 29.5 Å². The summed E-state index contributed by atoms with van der Waals surface area (Å²) in [6.45, 7) is 2.43. The third-order valence-electron chi connectivity index (χ3n) is 7.26. The SMILES string of the molecule is COC(=O)[C@H](C)N=[P+]([O-])Oc1ccccc1OC[C@H]1O[C@@H](n2cnc3c(NC4CCCC4)ncnc32)[C@](C)(F)[C@@H]1O. The number of nitrogens with one attached hydrogen (secondary N) is 1. The minimum atomic E-state index is -2.63. The van der Waals surface area contributed by atoms with Gasteiger partial charge in [0.25, 0.3) is 0 Å². The number of carbonyl (C=O) groups excluding carboxylic acids is 1. The predicted molar refractivity (Wildman–Crippen MR) is 144 cm³/mol. The second-order valence-corrected chi connectivity index (χ2v) is 11.1. The Balaban J connectivity index is 1.30. The van der Waals surface area contributed by atoms with E-state index in [4.69, 9.17) is 14.0 Å². The summed E-state index contributed by atoms with van der Waals surface area (Å²) in [5.74, 6) is 0.166. The topological polar surface area (TPSA) is 165 Å². The van der Waals surface area contributed by atoms with Gasteiger partial charge in [0.05, 0.1) is 13.4 Å². The van der Waals surface area contributed by atoms with Crippen molar-refractivity contribution in [1.29, 1.82) is 0 Å². The van der Waals surface area contributed by atoms with Crippen molar-refractivity contribution in [2.24, 2.45) is 4.74 Å². The van der Waals surface area contributed by atoms with Crippen molar-refractivity contribution in [3.63, 3.8) is 0 Å². The zero-order valence-electron chi connectivity index (χ0n) is 22.8. The number of para-hydroxylation sites is 2. The summed E-state index contributed by atoms with van der Waals surface area (Å²) in [6.07, 6.45) is 3.33. The Bertz CT molecular complexity index is 1420. The predicted octanol–water partition coefficient (Wildman–Crippen LogP) is 3.04. The van der Waals surface area contributed by atoms with E-state index in [1.54, 1.807) is 18.2 Å². The number of hydrogen-bond acceptors (Lipinski definition) is 12. The molecule has 5 rings (SSSR count). The maximum absolute atomic E-state index is 16.0. The molecule has 2 fully saturated rings. The normalized spacial score (nSPS) is 25.8. The van der Waals surface area contributed by atoms with Crippen LogP contribution in [0.3, 0.4) is 0 Å². The van der Waals surface area contributed by atoms with Gasteiger partial charge in [-0.05, 0) is 38.8 Å². The average Bonchev–Trinajstić information content (AvgIpc) is 3.67. The number of aromatic nitrogens is 4. The molecule has 1 saturated carbocycles. The highest BCUT2D eigenvalue weighted by molar-refractivity contribution is 7.34. The van der Waals surface area contributed by atoms with Crippen LogP contribution in [0, 0.1) is 0 Å². The summed E-state index contributed by atoms with van der Waals surface area (Å²) in [5, 5.41) is 14.3. The van der Waals surface area contributed by atoms with Crippen LogP contribution in [0.1, 0.15) is 45.8 Å². The van der Waals surface area contributed by atoms with Crippen LogP contribution in [0.25, 0.3) is 11.2 Å². The van der Waals surface area contributed by atoms with Gasteiger partial charge in [-0.1, -0.05) is 29.7 Å². The molecule has 2 aliphatic rings. The molecule has 220 valence electrons. The molecule has 0 spiro atoms. The molecule has 2 N–H and O–H groups in total. The molecule has 41 heavy (non-hydrogen) atoms. The maximum atomic E-state index is 16.0. The Morgan fingerprint density at radius 3 is 2.78 bits per heavy atom. The molecule has 0 bridgehead atoms. The molecule has 0 amide bonds. The third-order valence-corrected chi connectivity index (χ3v) is 8.15. The van der Waals surface area contributed by atoms with Gasteiger partial charge in [0.2, 0.25) is 5.75 Å². The van der Waals surface area contributed by atoms with E-state index in [-0.39, 0.29) is 18.1 Å². The summed E-state index contributed by atoms with van der Waals surface area (Å²) in [5.41, 5.74) is -1.36. The van der Waals surface area contributed by atoms with Gasteiger partial charge in [0.1, 0.15) is 25.1 Å². The number of carbonyl (C=O) groups is 1. The van der Waals surface area contributed by atoms with Crippen molar-refractivity contribution in [2.75, 3.05) is 19.0 Å². The van der Waals surface area contributed by atoms with Crippen LogP contribution >= 0.6 is 8.17 Å².